The zero-order valence-electron chi connectivity index (χ0n) is 11.2. The molecule has 0 N–H and O–H groups in total. The standard InChI is InChI=1S/C12H20N5/c1-7-14-11(13-4)12-15-8-10(16-12)17(5,6)9(2)3/h7-9H,4H2,1-3,5-6H3/q+1/b12-11+,14-7?. The normalized spacial score (nSPS) is 19.1. The fourth-order valence-electron chi connectivity index (χ4n) is 1.23. The number of amidine groups is 1. The predicted octanol–water partition coefficient (Wildman–Crippen LogP) is 1.87. The topological polar surface area (TPSA) is 49.4 Å². The zero-order chi connectivity index (χ0) is 13.1. The van der Waals surface area contributed by atoms with Crippen LogP contribution in [-0.4, -0.2) is 49.6 Å². The molecule has 0 fully saturated rings. The van der Waals surface area contributed by atoms with E-state index in [2.05, 4.69) is 54.6 Å². The minimum atomic E-state index is 0.425. The average molecular weight is 234 g/mol. The molecule has 92 valence electrons. The van der Waals surface area contributed by atoms with Gasteiger partial charge in [0.1, 0.15) is 6.21 Å². The summed E-state index contributed by atoms with van der Waals surface area (Å²) in [5, 5.41) is 0. The van der Waals surface area contributed by atoms with Crippen molar-refractivity contribution < 1.29 is 4.48 Å². The summed E-state index contributed by atoms with van der Waals surface area (Å²) in [5.41, 5.74) is 0. The van der Waals surface area contributed by atoms with Crippen molar-refractivity contribution in [3.63, 3.8) is 0 Å². The summed E-state index contributed by atoms with van der Waals surface area (Å²) in [6, 6.07) is 0.425. The Morgan fingerprint density at radius 3 is 2.59 bits per heavy atom. The van der Waals surface area contributed by atoms with Crippen LogP contribution in [-0.2, 0) is 0 Å². The maximum absolute atomic E-state index is 4.47. The Kier molecular flexibility index (Phi) is 4.07. The molecular weight excluding hydrogens is 214 g/mol. The first-order valence-electron chi connectivity index (χ1n) is 5.60. The molecule has 0 atom stereocenters. The lowest BCUT2D eigenvalue weighted by molar-refractivity contribution is -0.820. The zero-order valence-corrected chi connectivity index (χ0v) is 11.2. The average Bonchev–Trinajstić information content (AvgIpc) is 2.75. The van der Waals surface area contributed by atoms with E-state index in [0.29, 0.717) is 22.2 Å². The van der Waals surface area contributed by atoms with E-state index >= 15 is 0 Å². The lowest BCUT2D eigenvalue weighted by Crippen LogP contribution is -2.50. The molecule has 1 aliphatic heterocycles. The minimum Gasteiger partial charge on any atom is -0.276 e. The molecule has 0 radical (unpaired) electrons. The Morgan fingerprint density at radius 1 is 1.47 bits per heavy atom. The molecule has 1 aliphatic rings. The highest BCUT2D eigenvalue weighted by Gasteiger charge is 2.29. The van der Waals surface area contributed by atoms with E-state index in [9.17, 15) is 0 Å². The fourth-order valence-corrected chi connectivity index (χ4v) is 1.23. The van der Waals surface area contributed by atoms with Gasteiger partial charge in [-0.05, 0) is 27.5 Å². The van der Waals surface area contributed by atoms with Crippen LogP contribution in [0.5, 0.6) is 0 Å². The van der Waals surface area contributed by atoms with Crippen molar-refractivity contribution in [2.24, 2.45) is 20.0 Å². The molecule has 0 aromatic carbocycles. The quantitative estimate of drug-likeness (QED) is 0.529. The van der Waals surface area contributed by atoms with Crippen LogP contribution in [0.15, 0.2) is 31.6 Å². The third-order valence-electron chi connectivity index (χ3n) is 3.01. The van der Waals surface area contributed by atoms with Gasteiger partial charge in [-0.25, -0.2) is 15.0 Å². The second kappa shape index (κ2) is 5.14. The van der Waals surface area contributed by atoms with Crippen LogP contribution in [0.3, 0.4) is 0 Å². The van der Waals surface area contributed by atoms with Gasteiger partial charge in [-0.2, -0.15) is 4.99 Å². The van der Waals surface area contributed by atoms with Crippen molar-refractivity contribution in [2.75, 3.05) is 14.1 Å². The first-order chi connectivity index (χ1) is 7.93. The molecule has 1 heterocycles. The van der Waals surface area contributed by atoms with Crippen LogP contribution in [0.4, 0.5) is 0 Å². The van der Waals surface area contributed by atoms with Crippen molar-refractivity contribution in [3.8, 4) is 0 Å². The lowest BCUT2D eigenvalue weighted by Gasteiger charge is -2.31. The third-order valence-corrected chi connectivity index (χ3v) is 3.01. The molecule has 17 heavy (non-hydrogen) atoms. The minimum absolute atomic E-state index is 0.425. The lowest BCUT2D eigenvalue weighted by atomic mass is 10.3. The van der Waals surface area contributed by atoms with Gasteiger partial charge in [0.25, 0.3) is 0 Å². The number of nitrogens with zero attached hydrogens (tertiary/aromatic N) is 5. The van der Waals surface area contributed by atoms with Gasteiger partial charge in [-0.1, -0.05) is 0 Å². The molecular formula is C12H20N5+. The summed E-state index contributed by atoms with van der Waals surface area (Å²) in [5.74, 6) is 1.89. The molecule has 1 rings (SSSR count). The highest BCUT2D eigenvalue weighted by molar-refractivity contribution is 6.28. The van der Waals surface area contributed by atoms with Crippen LogP contribution >= 0.6 is 0 Å². The fraction of sp³-hybridized carbons (Fsp3) is 0.500. The molecule has 0 saturated carbocycles. The van der Waals surface area contributed by atoms with Crippen LogP contribution in [0.25, 0.3) is 0 Å². The molecule has 0 aromatic rings. The maximum Gasteiger partial charge on any atom is 0.248 e. The number of aliphatic imine (C=N–C) groups is 4. The SMILES string of the molecule is C=N/C(N=CC)=C1/N=CC([N+](C)(C)C(C)C)=N1. The summed E-state index contributed by atoms with van der Waals surface area (Å²) in [7, 11) is 4.20. The Bertz CT molecular complexity index is 424. The second-order valence-corrected chi connectivity index (χ2v) is 4.55. The van der Waals surface area contributed by atoms with E-state index in [0.717, 1.165) is 5.84 Å². The van der Waals surface area contributed by atoms with Crippen LogP contribution in [0, 0.1) is 0 Å². The first kappa shape index (κ1) is 13.4. The molecule has 0 spiro atoms. The van der Waals surface area contributed by atoms with Gasteiger partial charge in [-0.15, -0.1) is 0 Å². The van der Waals surface area contributed by atoms with Crippen LogP contribution in [0.2, 0.25) is 0 Å². The van der Waals surface area contributed by atoms with Crippen molar-refractivity contribution in [1.82, 2.24) is 0 Å². The van der Waals surface area contributed by atoms with Gasteiger partial charge in [0.15, 0.2) is 5.82 Å². The molecule has 5 heteroatoms. The van der Waals surface area contributed by atoms with Gasteiger partial charge >= 0.3 is 0 Å². The van der Waals surface area contributed by atoms with Crippen molar-refractivity contribution in [1.29, 1.82) is 0 Å². The number of quaternary nitrogens is 1. The molecule has 0 aliphatic carbocycles. The van der Waals surface area contributed by atoms with E-state index in [1.165, 1.54) is 0 Å². The summed E-state index contributed by atoms with van der Waals surface area (Å²) in [4.78, 5) is 16.6. The molecule has 0 bridgehead atoms. The van der Waals surface area contributed by atoms with E-state index in [1.807, 2.05) is 6.92 Å². The van der Waals surface area contributed by atoms with E-state index < -0.39 is 0 Å². The Morgan fingerprint density at radius 2 is 2.12 bits per heavy atom. The molecule has 5 nitrogen and oxygen atoms in total. The summed E-state index contributed by atoms with van der Waals surface area (Å²) >= 11 is 0. The highest BCUT2D eigenvalue weighted by atomic mass is 15.4. The predicted molar refractivity (Wildman–Crippen MR) is 73.9 cm³/mol. The molecule has 0 saturated heterocycles. The van der Waals surface area contributed by atoms with Crippen LogP contribution < -0.4 is 0 Å². The van der Waals surface area contributed by atoms with Gasteiger partial charge in [0.05, 0.1) is 20.1 Å². The van der Waals surface area contributed by atoms with Gasteiger partial charge in [0, 0.05) is 6.21 Å². The summed E-state index contributed by atoms with van der Waals surface area (Å²) < 4.78 is 0.674. The molecule has 0 aromatic heterocycles. The second-order valence-electron chi connectivity index (χ2n) is 4.55. The van der Waals surface area contributed by atoms with E-state index in [4.69, 9.17) is 0 Å². The highest BCUT2D eigenvalue weighted by Crippen LogP contribution is 2.18. The van der Waals surface area contributed by atoms with E-state index in [-0.39, 0.29) is 0 Å². The first-order valence-corrected chi connectivity index (χ1v) is 5.60. The Balaban J connectivity index is 3.13. The number of hydrogen-bond donors (Lipinski definition) is 0. The van der Waals surface area contributed by atoms with Gasteiger partial charge in [0.2, 0.25) is 11.7 Å². The number of hydrogen-bond acceptors (Lipinski definition) is 4. The Labute approximate surface area is 103 Å². The van der Waals surface area contributed by atoms with Gasteiger partial charge < -0.3 is 0 Å². The maximum atomic E-state index is 4.47. The molecule has 0 unspecified atom stereocenters. The van der Waals surface area contributed by atoms with Crippen LogP contribution in [0.1, 0.15) is 20.8 Å². The summed E-state index contributed by atoms with van der Waals surface area (Å²) in [6.07, 6.45) is 3.42. The number of rotatable bonds is 3. The Hall–Kier alpha value is -1.62. The van der Waals surface area contributed by atoms with Crippen molar-refractivity contribution >= 4 is 25.0 Å². The summed E-state index contributed by atoms with van der Waals surface area (Å²) in [6.45, 7) is 9.59. The van der Waals surface area contributed by atoms with E-state index in [1.54, 1.807) is 12.4 Å². The third kappa shape index (κ3) is 2.74. The van der Waals surface area contributed by atoms with Crippen molar-refractivity contribution in [3.05, 3.63) is 11.6 Å². The largest absolute Gasteiger partial charge is 0.276 e. The van der Waals surface area contributed by atoms with Crippen molar-refractivity contribution in [2.45, 2.75) is 26.8 Å². The van der Waals surface area contributed by atoms with Gasteiger partial charge in [-0.3, -0.25) is 4.48 Å². The molecule has 0 amide bonds. The monoisotopic (exact) mass is 234 g/mol. The smallest absolute Gasteiger partial charge is 0.248 e.